The highest BCUT2D eigenvalue weighted by Crippen LogP contribution is 2.45. The van der Waals surface area contributed by atoms with Gasteiger partial charge in [-0.05, 0) is 55.6 Å². The Morgan fingerprint density at radius 2 is 1.86 bits per heavy atom. The van der Waals surface area contributed by atoms with Crippen LogP contribution in [0, 0.1) is 5.82 Å². The molecule has 0 aliphatic carbocycles. The highest BCUT2D eigenvalue weighted by Gasteiger charge is 2.45. The minimum atomic E-state index is -1.64. The van der Waals surface area contributed by atoms with Crippen molar-refractivity contribution in [2.45, 2.75) is 24.9 Å². The molecule has 188 valence electrons. The number of hydrogen-bond donors (Lipinski definition) is 3. The second-order valence-electron chi connectivity index (χ2n) is 9.60. The van der Waals surface area contributed by atoms with Gasteiger partial charge in [0.2, 0.25) is 5.91 Å². The van der Waals surface area contributed by atoms with E-state index in [1.54, 1.807) is 25.3 Å². The van der Waals surface area contributed by atoms with Crippen LogP contribution in [0.4, 0.5) is 4.39 Å². The lowest BCUT2D eigenvalue weighted by molar-refractivity contribution is -0.123. The number of aliphatic hydroxyl groups is 1. The quantitative estimate of drug-likeness (QED) is 0.373. The van der Waals surface area contributed by atoms with Crippen LogP contribution in [0.15, 0.2) is 66.9 Å². The van der Waals surface area contributed by atoms with Crippen LogP contribution in [-0.2, 0) is 15.8 Å². The summed E-state index contributed by atoms with van der Waals surface area (Å²) in [6, 6.07) is 16.4. The van der Waals surface area contributed by atoms with E-state index in [-0.39, 0.29) is 24.5 Å². The van der Waals surface area contributed by atoms with Crippen molar-refractivity contribution in [3.05, 3.63) is 89.6 Å². The summed E-state index contributed by atoms with van der Waals surface area (Å²) in [5, 5.41) is 15.9. The highest BCUT2D eigenvalue weighted by molar-refractivity contribution is 5.96. The van der Waals surface area contributed by atoms with Gasteiger partial charge < -0.3 is 20.9 Å². The molecule has 0 spiro atoms. The number of amides is 2. The maximum atomic E-state index is 13.6. The lowest BCUT2D eigenvalue weighted by Gasteiger charge is -2.26. The Labute approximate surface area is 212 Å². The van der Waals surface area contributed by atoms with E-state index in [1.807, 2.05) is 24.3 Å². The first-order valence-electron chi connectivity index (χ1n) is 11.7. The Morgan fingerprint density at radius 3 is 2.57 bits per heavy atom. The number of nitrogens with two attached hydrogens (primary N) is 1. The highest BCUT2D eigenvalue weighted by atomic mass is 19.1. The van der Waals surface area contributed by atoms with E-state index < -0.39 is 28.6 Å². The van der Waals surface area contributed by atoms with Crippen LogP contribution in [0.2, 0.25) is 0 Å². The van der Waals surface area contributed by atoms with E-state index in [2.05, 4.69) is 15.3 Å². The number of ether oxygens (including phenoxy) is 1. The summed E-state index contributed by atoms with van der Waals surface area (Å²) in [4.78, 5) is 34.0. The van der Waals surface area contributed by atoms with Crippen LogP contribution in [0.5, 0.6) is 5.75 Å². The fraction of sp³-hybridized carbons (Fsp3) is 0.214. The Balaban J connectivity index is 1.49. The summed E-state index contributed by atoms with van der Waals surface area (Å²) >= 11 is 0. The minimum Gasteiger partial charge on any atom is -0.489 e. The molecule has 0 unspecified atom stereocenters. The Hall–Kier alpha value is -4.37. The zero-order valence-corrected chi connectivity index (χ0v) is 20.3. The van der Waals surface area contributed by atoms with Crippen LogP contribution in [-0.4, -0.2) is 40.0 Å². The molecule has 2 atom stereocenters. The van der Waals surface area contributed by atoms with Crippen molar-refractivity contribution in [3.63, 3.8) is 0 Å². The molecule has 37 heavy (non-hydrogen) atoms. The number of aromatic nitrogens is 2. The first-order valence-corrected chi connectivity index (χ1v) is 11.7. The molecule has 0 fully saturated rings. The molecular weight excluding hydrogens is 475 g/mol. The Morgan fingerprint density at radius 1 is 1.16 bits per heavy atom. The molecule has 2 amide bonds. The molecule has 1 aliphatic rings. The van der Waals surface area contributed by atoms with Gasteiger partial charge >= 0.3 is 0 Å². The number of fused-ring (bicyclic) bond motifs is 2. The molecular formula is C28H25FN4O4. The molecule has 5 rings (SSSR count). The van der Waals surface area contributed by atoms with Crippen LogP contribution in [0.25, 0.3) is 22.0 Å². The number of pyridine rings is 2. The van der Waals surface area contributed by atoms with Gasteiger partial charge in [0.05, 0.1) is 12.2 Å². The lowest BCUT2D eigenvalue weighted by Crippen LogP contribution is -2.41. The largest absolute Gasteiger partial charge is 0.489 e. The standard InChI is InChI=1S/C28H25FN4O4/c1-27(26(30)35)15-37-24-20(27)12-22(33-23(24)16-7-9-19(29)10-8-16)28(2,36)14-32-25(34)21-11-17-5-3-4-6-18(17)13-31-21/h3-13,36H,14-15H2,1-2H3,(H2,30,35)(H,32,34)/t27-,28-/m0/s1. The smallest absolute Gasteiger partial charge is 0.270 e. The van der Waals surface area contributed by atoms with E-state index in [1.165, 1.54) is 31.2 Å². The van der Waals surface area contributed by atoms with Crippen LogP contribution < -0.4 is 15.8 Å². The fourth-order valence-corrected chi connectivity index (χ4v) is 4.31. The molecule has 9 heteroatoms. The zero-order chi connectivity index (χ0) is 26.4. The summed E-state index contributed by atoms with van der Waals surface area (Å²) in [7, 11) is 0. The monoisotopic (exact) mass is 500 g/mol. The number of benzene rings is 2. The third-order valence-corrected chi connectivity index (χ3v) is 6.74. The van der Waals surface area contributed by atoms with Crippen molar-refractivity contribution in [3.8, 4) is 17.0 Å². The molecule has 4 aromatic rings. The second kappa shape index (κ2) is 8.94. The molecule has 0 radical (unpaired) electrons. The number of primary amides is 1. The zero-order valence-electron chi connectivity index (χ0n) is 20.3. The normalized spacial score (nSPS) is 18.1. The lowest BCUT2D eigenvalue weighted by atomic mass is 9.82. The van der Waals surface area contributed by atoms with Gasteiger partial charge in [0, 0.05) is 22.7 Å². The van der Waals surface area contributed by atoms with Crippen LogP contribution in [0.3, 0.4) is 0 Å². The van der Waals surface area contributed by atoms with Gasteiger partial charge in [0.25, 0.3) is 5.91 Å². The first-order chi connectivity index (χ1) is 17.6. The van der Waals surface area contributed by atoms with Gasteiger partial charge in [0.15, 0.2) is 0 Å². The molecule has 2 aromatic heterocycles. The van der Waals surface area contributed by atoms with E-state index in [4.69, 9.17) is 10.5 Å². The molecule has 0 saturated carbocycles. The van der Waals surface area contributed by atoms with Crippen molar-refractivity contribution >= 4 is 22.6 Å². The van der Waals surface area contributed by atoms with Crippen LogP contribution in [0.1, 0.15) is 35.6 Å². The maximum Gasteiger partial charge on any atom is 0.270 e. The Kier molecular flexibility index (Phi) is 5.88. The number of nitrogens with one attached hydrogen (secondary N) is 1. The van der Waals surface area contributed by atoms with Gasteiger partial charge in [-0.25, -0.2) is 9.37 Å². The predicted molar refractivity (Wildman–Crippen MR) is 135 cm³/mol. The van der Waals surface area contributed by atoms with E-state index in [0.717, 1.165) is 10.8 Å². The topological polar surface area (TPSA) is 127 Å². The van der Waals surface area contributed by atoms with Crippen molar-refractivity contribution in [2.75, 3.05) is 13.2 Å². The summed E-state index contributed by atoms with van der Waals surface area (Å²) in [6.07, 6.45) is 1.62. The predicted octanol–water partition coefficient (Wildman–Crippen LogP) is 3.21. The third kappa shape index (κ3) is 4.38. The average molecular weight is 501 g/mol. The van der Waals surface area contributed by atoms with Crippen molar-refractivity contribution < 1.29 is 23.8 Å². The maximum absolute atomic E-state index is 13.6. The molecule has 1 aliphatic heterocycles. The molecule has 2 aromatic carbocycles. The van der Waals surface area contributed by atoms with Crippen LogP contribution >= 0.6 is 0 Å². The summed E-state index contributed by atoms with van der Waals surface area (Å²) in [5.74, 6) is -1.13. The number of carbonyl (C=O) groups is 2. The Bertz CT molecular complexity index is 1540. The molecule has 8 nitrogen and oxygen atoms in total. The summed E-state index contributed by atoms with van der Waals surface area (Å²) in [6.45, 7) is 2.97. The number of halogens is 1. The third-order valence-electron chi connectivity index (χ3n) is 6.74. The number of nitrogens with zero attached hydrogens (tertiary/aromatic N) is 2. The number of carbonyl (C=O) groups excluding carboxylic acids is 2. The van der Waals surface area contributed by atoms with Gasteiger partial charge in [-0.15, -0.1) is 0 Å². The van der Waals surface area contributed by atoms with Gasteiger partial charge in [-0.2, -0.15) is 0 Å². The van der Waals surface area contributed by atoms with Crippen molar-refractivity contribution in [1.29, 1.82) is 0 Å². The minimum absolute atomic E-state index is 0.00348. The van der Waals surface area contributed by atoms with E-state index >= 15 is 0 Å². The van der Waals surface area contributed by atoms with Crippen molar-refractivity contribution in [2.24, 2.45) is 5.73 Å². The van der Waals surface area contributed by atoms with E-state index in [9.17, 15) is 19.1 Å². The molecule has 0 saturated heterocycles. The molecule has 0 bridgehead atoms. The van der Waals surface area contributed by atoms with Gasteiger partial charge in [-0.3, -0.25) is 14.6 Å². The molecule has 3 heterocycles. The van der Waals surface area contributed by atoms with Crippen molar-refractivity contribution in [1.82, 2.24) is 15.3 Å². The first kappa shape index (κ1) is 24.3. The summed E-state index contributed by atoms with van der Waals surface area (Å²) < 4.78 is 19.4. The van der Waals surface area contributed by atoms with Gasteiger partial charge in [-0.1, -0.05) is 24.3 Å². The summed E-state index contributed by atoms with van der Waals surface area (Å²) in [5.41, 5.74) is 4.63. The number of hydrogen-bond acceptors (Lipinski definition) is 6. The van der Waals surface area contributed by atoms with E-state index in [0.29, 0.717) is 22.6 Å². The fourth-order valence-electron chi connectivity index (χ4n) is 4.31. The SMILES string of the molecule is C[C@](O)(CNC(=O)c1cc2ccccc2cn1)c1cc2c(c(-c3ccc(F)cc3)n1)OC[C@]2(C)C(N)=O. The average Bonchev–Trinajstić information content (AvgIpc) is 3.25. The van der Waals surface area contributed by atoms with Gasteiger partial charge in [0.1, 0.15) is 40.6 Å². The molecule has 4 N–H and O–H groups in total. The number of rotatable bonds is 6. The second-order valence-corrected chi connectivity index (χ2v) is 9.60.